The van der Waals surface area contributed by atoms with Gasteiger partial charge in [0.25, 0.3) is 11.5 Å². The number of pyridine rings is 1. The summed E-state index contributed by atoms with van der Waals surface area (Å²) in [5.74, 6) is 1.13. The van der Waals surface area contributed by atoms with Gasteiger partial charge in [-0.1, -0.05) is 12.1 Å². The van der Waals surface area contributed by atoms with E-state index < -0.39 is 0 Å². The van der Waals surface area contributed by atoms with Crippen LogP contribution in [-0.2, 0) is 12.8 Å². The average Bonchev–Trinajstić information content (AvgIpc) is 3.08. The molecule has 0 saturated heterocycles. The number of hydrogen-bond donors (Lipinski definition) is 2. The van der Waals surface area contributed by atoms with Crippen molar-refractivity contribution in [3.8, 4) is 11.5 Å². The normalized spacial score (nSPS) is 17.8. The van der Waals surface area contributed by atoms with E-state index in [1.807, 2.05) is 24.3 Å². The van der Waals surface area contributed by atoms with Crippen LogP contribution < -0.4 is 20.3 Å². The number of fused-ring (bicyclic) bond motifs is 2. The minimum absolute atomic E-state index is 0.117. The van der Waals surface area contributed by atoms with E-state index >= 15 is 0 Å². The molecule has 0 unspecified atom stereocenters. The Kier molecular flexibility index (Phi) is 4.17. The number of nitrogens with one attached hydrogen (secondary N) is 2. The van der Waals surface area contributed by atoms with Gasteiger partial charge in [-0.05, 0) is 43.0 Å². The molecule has 1 aliphatic heterocycles. The van der Waals surface area contributed by atoms with Gasteiger partial charge in [0, 0.05) is 18.7 Å². The van der Waals surface area contributed by atoms with Gasteiger partial charge >= 0.3 is 0 Å². The van der Waals surface area contributed by atoms with Gasteiger partial charge in [0.15, 0.2) is 11.5 Å². The Bertz CT molecular complexity index is 859. The number of benzene rings is 1. The highest BCUT2D eigenvalue weighted by molar-refractivity contribution is 5.94. The largest absolute Gasteiger partial charge is 0.486 e. The van der Waals surface area contributed by atoms with Crippen LogP contribution in [0.4, 0.5) is 0 Å². The second-order valence-corrected chi connectivity index (χ2v) is 6.41. The molecule has 2 aliphatic rings. The fourth-order valence-corrected chi connectivity index (χ4v) is 3.33. The van der Waals surface area contributed by atoms with Crippen molar-refractivity contribution in [1.82, 2.24) is 10.3 Å². The maximum absolute atomic E-state index is 12.3. The monoisotopic (exact) mass is 340 g/mol. The molecule has 1 atom stereocenters. The van der Waals surface area contributed by atoms with E-state index in [1.165, 1.54) is 0 Å². The molecule has 0 radical (unpaired) electrons. The molecule has 0 fully saturated rings. The van der Waals surface area contributed by atoms with Crippen molar-refractivity contribution in [2.75, 3.05) is 13.2 Å². The van der Waals surface area contributed by atoms with Gasteiger partial charge in [0.1, 0.15) is 18.3 Å². The number of aromatic amines is 1. The Balaban J connectivity index is 1.34. The van der Waals surface area contributed by atoms with E-state index in [0.717, 1.165) is 42.0 Å². The van der Waals surface area contributed by atoms with Gasteiger partial charge in [-0.15, -0.1) is 0 Å². The number of aromatic nitrogens is 1. The van der Waals surface area contributed by atoms with Gasteiger partial charge in [0.2, 0.25) is 0 Å². The van der Waals surface area contributed by atoms with Crippen LogP contribution in [0.1, 0.15) is 34.5 Å². The molecular formula is C19H20N2O4. The number of carbonyl (C=O) groups is 1. The first-order chi connectivity index (χ1) is 12.2. The Labute approximate surface area is 145 Å². The number of aryl methyl sites for hydroxylation is 2. The molecule has 0 bridgehead atoms. The zero-order valence-corrected chi connectivity index (χ0v) is 13.8. The van der Waals surface area contributed by atoms with Crippen molar-refractivity contribution in [2.24, 2.45) is 0 Å². The van der Waals surface area contributed by atoms with E-state index in [-0.39, 0.29) is 23.1 Å². The molecule has 4 rings (SSSR count). The molecule has 2 aromatic rings. The van der Waals surface area contributed by atoms with Crippen molar-refractivity contribution < 1.29 is 14.3 Å². The molecule has 130 valence electrons. The maximum atomic E-state index is 12.3. The molecular weight excluding hydrogens is 320 g/mol. The third-order valence-corrected chi connectivity index (χ3v) is 4.65. The van der Waals surface area contributed by atoms with Crippen LogP contribution in [-0.4, -0.2) is 30.1 Å². The molecule has 1 aliphatic carbocycles. The smallest absolute Gasteiger partial charge is 0.261 e. The van der Waals surface area contributed by atoms with Crippen LogP contribution in [0.3, 0.4) is 0 Å². The number of rotatable bonds is 4. The van der Waals surface area contributed by atoms with Crippen molar-refractivity contribution >= 4 is 5.91 Å². The summed E-state index contributed by atoms with van der Waals surface area (Å²) in [4.78, 5) is 27.2. The lowest BCUT2D eigenvalue weighted by molar-refractivity contribution is 0.0812. The number of hydrogen-bond acceptors (Lipinski definition) is 4. The second-order valence-electron chi connectivity index (χ2n) is 6.41. The van der Waals surface area contributed by atoms with Crippen LogP contribution in [0.15, 0.2) is 35.1 Å². The first kappa shape index (κ1) is 15.7. The summed E-state index contributed by atoms with van der Waals surface area (Å²) in [6.45, 7) is 0.873. The zero-order chi connectivity index (χ0) is 17.2. The number of para-hydroxylation sites is 2. The van der Waals surface area contributed by atoms with Crippen molar-refractivity contribution in [1.29, 1.82) is 0 Å². The molecule has 6 nitrogen and oxygen atoms in total. The predicted octanol–water partition coefficient (Wildman–Crippen LogP) is 1.82. The minimum Gasteiger partial charge on any atom is -0.486 e. The first-order valence-corrected chi connectivity index (χ1v) is 8.62. The highest BCUT2D eigenvalue weighted by atomic mass is 16.6. The van der Waals surface area contributed by atoms with Gasteiger partial charge in [-0.3, -0.25) is 9.59 Å². The second kappa shape index (κ2) is 6.63. The lowest BCUT2D eigenvalue weighted by Crippen LogP contribution is -2.36. The Morgan fingerprint density at radius 3 is 2.96 bits per heavy atom. The third kappa shape index (κ3) is 3.24. The van der Waals surface area contributed by atoms with E-state index in [2.05, 4.69) is 10.3 Å². The number of carbonyl (C=O) groups excluding carboxylic acids is 1. The molecule has 6 heteroatoms. The third-order valence-electron chi connectivity index (χ3n) is 4.65. The molecule has 0 saturated carbocycles. The molecule has 2 heterocycles. The Morgan fingerprint density at radius 1 is 1.24 bits per heavy atom. The van der Waals surface area contributed by atoms with Gasteiger partial charge in [-0.2, -0.15) is 0 Å². The van der Waals surface area contributed by atoms with Crippen LogP contribution in [0.2, 0.25) is 0 Å². The van der Waals surface area contributed by atoms with Crippen LogP contribution >= 0.6 is 0 Å². The number of H-pyrrole nitrogens is 1. The number of amides is 1. The van der Waals surface area contributed by atoms with Crippen molar-refractivity contribution in [2.45, 2.75) is 31.8 Å². The lowest BCUT2D eigenvalue weighted by atomic mass is 10.1. The fraction of sp³-hybridized carbons (Fsp3) is 0.368. The van der Waals surface area contributed by atoms with E-state index in [0.29, 0.717) is 19.6 Å². The van der Waals surface area contributed by atoms with E-state index in [4.69, 9.17) is 9.47 Å². The van der Waals surface area contributed by atoms with Crippen molar-refractivity contribution in [3.63, 3.8) is 0 Å². The van der Waals surface area contributed by atoms with Gasteiger partial charge in [-0.25, -0.2) is 0 Å². The summed E-state index contributed by atoms with van der Waals surface area (Å²) >= 11 is 0. The molecule has 1 aromatic heterocycles. The fourth-order valence-electron chi connectivity index (χ4n) is 3.33. The lowest BCUT2D eigenvalue weighted by Gasteiger charge is -2.26. The van der Waals surface area contributed by atoms with Crippen LogP contribution in [0, 0.1) is 0 Å². The quantitative estimate of drug-likeness (QED) is 0.890. The van der Waals surface area contributed by atoms with Crippen LogP contribution in [0.25, 0.3) is 0 Å². The summed E-state index contributed by atoms with van der Waals surface area (Å²) in [6, 6.07) is 9.26. The highest BCUT2D eigenvalue weighted by Gasteiger charge is 2.21. The molecule has 2 N–H and O–H groups in total. The predicted molar refractivity (Wildman–Crippen MR) is 92.4 cm³/mol. The summed E-state index contributed by atoms with van der Waals surface area (Å²) in [7, 11) is 0. The Hall–Kier alpha value is -2.76. The topological polar surface area (TPSA) is 80.4 Å². The number of ether oxygens (including phenoxy) is 2. The minimum atomic E-state index is -0.340. The van der Waals surface area contributed by atoms with E-state index in [9.17, 15) is 9.59 Å². The highest BCUT2D eigenvalue weighted by Crippen LogP contribution is 2.31. The van der Waals surface area contributed by atoms with E-state index in [1.54, 1.807) is 6.07 Å². The van der Waals surface area contributed by atoms with Gasteiger partial charge in [0.05, 0.1) is 0 Å². The van der Waals surface area contributed by atoms with Gasteiger partial charge < -0.3 is 19.8 Å². The zero-order valence-electron chi connectivity index (χ0n) is 13.8. The molecule has 1 aromatic carbocycles. The summed E-state index contributed by atoms with van der Waals surface area (Å²) in [5, 5.41) is 2.81. The molecule has 0 spiro atoms. The summed E-state index contributed by atoms with van der Waals surface area (Å²) in [5.41, 5.74) is 1.91. The summed E-state index contributed by atoms with van der Waals surface area (Å²) in [6.07, 6.45) is 3.32. The first-order valence-electron chi connectivity index (χ1n) is 8.62. The SMILES string of the molecule is O=C(NCC[C@H]1COc2ccccc2O1)c1cc2c([nH]c1=O)CCC2. The Morgan fingerprint density at radius 2 is 2.08 bits per heavy atom. The summed E-state index contributed by atoms with van der Waals surface area (Å²) < 4.78 is 11.5. The molecule has 25 heavy (non-hydrogen) atoms. The maximum Gasteiger partial charge on any atom is 0.261 e. The van der Waals surface area contributed by atoms with Crippen LogP contribution in [0.5, 0.6) is 11.5 Å². The standard InChI is InChI=1S/C19H20N2O4/c22-18(14-10-12-4-3-5-15(12)21-19(14)23)20-9-8-13-11-24-16-6-1-2-7-17(16)25-13/h1-2,6-7,10,13H,3-5,8-9,11H2,(H,20,22)(H,21,23)/t13-/m0/s1. The van der Waals surface area contributed by atoms with Crippen molar-refractivity contribution in [3.05, 3.63) is 57.5 Å². The average molecular weight is 340 g/mol. The molecule has 1 amide bonds.